The third-order valence-corrected chi connectivity index (χ3v) is 4.00. The fourth-order valence-corrected chi connectivity index (χ4v) is 2.68. The van der Waals surface area contributed by atoms with Crippen molar-refractivity contribution in [2.45, 2.75) is 19.8 Å². The van der Waals surface area contributed by atoms with E-state index in [1.165, 1.54) is 6.39 Å². The van der Waals surface area contributed by atoms with Crippen LogP contribution in [0, 0.1) is 0 Å². The summed E-state index contributed by atoms with van der Waals surface area (Å²) >= 11 is 0. The number of amides is 1. The zero-order valence-corrected chi connectivity index (χ0v) is 14.1. The second-order valence-electron chi connectivity index (χ2n) is 5.90. The summed E-state index contributed by atoms with van der Waals surface area (Å²) in [6.07, 6.45) is 3.01. The lowest BCUT2D eigenvalue weighted by Crippen LogP contribution is -2.49. The van der Waals surface area contributed by atoms with Gasteiger partial charge in [-0.3, -0.25) is 4.79 Å². The average molecular weight is 331 g/mol. The molecule has 1 aliphatic rings. The number of oxazole rings is 1. The molecule has 24 heavy (non-hydrogen) atoms. The molecule has 128 valence electrons. The summed E-state index contributed by atoms with van der Waals surface area (Å²) in [5, 5.41) is 0. The van der Waals surface area contributed by atoms with E-state index in [0.717, 1.165) is 0 Å². The van der Waals surface area contributed by atoms with Gasteiger partial charge in [0.15, 0.2) is 12.1 Å². The van der Waals surface area contributed by atoms with Crippen LogP contribution in [0.4, 0.5) is 5.95 Å². The Hall–Kier alpha value is -2.64. The first-order valence-corrected chi connectivity index (χ1v) is 7.94. The summed E-state index contributed by atoms with van der Waals surface area (Å²) in [4.78, 5) is 29.2. The van der Waals surface area contributed by atoms with E-state index in [1.54, 1.807) is 24.3 Å². The molecule has 3 heterocycles. The number of ether oxygens (including phenoxy) is 1. The lowest BCUT2D eigenvalue weighted by Gasteiger charge is -2.34. The van der Waals surface area contributed by atoms with Crippen molar-refractivity contribution in [2.75, 3.05) is 38.2 Å². The molecule has 8 nitrogen and oxygen atoms in total. The number of nitrogens with zero attached hydrogens (tertiary/aromatic N) is 5. The summed E-state index contributed by atoms with van der Waals surface area (Å²) in [5.41, 5.74) is 0.413. The molecular formula is C16H21N5O3. The van der Waals surface area contributed by atoms with Crippen molar-refractivity contribution in [1.82, 2.24) is 19.9 Å². The van der Waals surface area contributed by atoms with Gasteiger partial charge in [-0.05, 0) is 0 Å². The summed E-state index contributed by atoms with van der Waals surface area (Å²) in [6.45, 7) is 6.46. The highest BCUT2D eigenvalue weighted by Gasteiger charge is 2.28. The number of methoxy groups -OCH3 is 1. The second-order valence-corrected chi connectivity index (χ2v) is 5.90. The van der Waals surface area contributed by atoms with Crippen LogP contribution in [-0.4, -0.2) is 59.0 Å². The van der Waals surface area contributed by atoms with E-state index >= 15 is 0 Å². The molecule has 1 amide bonds. The van der Waals surface area contributed by atoms with Gasteiger partial charge in [0.05, 0.1) is 7.11 Å². The predicted molar refractivity (Wildman–Crippen MR) is 87.3 cm³/mol. The van der Waals surface area contributed by atoms with Crippen molar-refractivity contribution < 1.29 is 13.9 Å². The Kier molecular flexibility index (Phi) is 4.64. The standard InChI is InChI=1S/C16H21N5O3/c1-11(2)14-13(18-10-24-14)15(22)20-6-8-21(9-7-20)16-17-5-4-12(19-16)23-3/h4-5,10-11H,6-9H2,1-3H3. The molecular weight excluding hydrogens is 310 g/mol. The number of rotatable bonds is 4. The molecule has 0 aliphatic carbocycles. The van der Waals surface area contributed by atoms with Crippen LogP contribution >= 0.6 is 0 Å². The largest absolute Gasteiger partial charge is 0.481 e. The molecule has 0 spiro atoms. The Balaban J connectivity index is 1.66. The van der Waals surface area contributed by atoms with Crippen molar-refractivity contribution in [3.8, 4) is 5.88 Å². The van der Waals surface area contributed by atoms with Crippen molar-refractivity contribution in [1.29, 1.82) is 0 Å². The third kappa shape index (κ3) is 3.17. The molecule has 8 heteroatoms. The van der Waals surface area contributed by atoms with Crippen molar-refractivity contribution >= 4 is 11.9 Å². The van der Waals surface area contributed by atoms with Crippen LogP contribution in [0.15, 0.2) is 23.1 Å². The van der Waals surface area contributed by atoms with Gasteiger partial charge < -0.3 is 19.0 Å². The monoisotopic (exact) mass is 331 g/mol. The number of anilines is 1. The third-order valence-electron chi connectivity index (χ3n) is 4.00. The van der Waals surface area contributed by atoms with E-state index in [2.05, 4.69) is 15.0 Å². The first kappa shape index (κ1) is 16.2. The first-order chi connectivity index (χ1) is 11.6. The minimum absolute atomic E-state index is 0.0846. The predicted octanol–water partition coefficient (Wildman–Crippen LogP) is 1.56. The molecule has 0 atom stereocenters. The fourth-order valence-electron chi connectivity index (χ4n) is 2.68. The van der Waals surface area contributed by atoms with Gasteiger partial charge in [0.25, 0.3) is 5.91 Å². The van der Waals surface area contributed by atoms with Crippen molar-refractivity contribution in [2.24, 2.45) is 0 Å². The molecule has 0 radical (unpaired) electrons. The van der Waals surface area contributed by atoms with E-state index < -0.39 is 0 Å². The molecule has 2 aromatic rings. The highest BCUT2D eigenvalue weighted by Crippen LogP contribution is 2.21. The number of hydrogen-bond acceptors (Lipinski definition) is 7. The normalized spacial score (nSPS) is 15.0. The van der Waals surface area contributed by atoms with Crippen LogP contribution in [0.3, 0.4) is 0 Å². The summed E-state index contributed by atoms with van der Waals surface area (Å²) < 4.78 is 10.5. The highest BCUT2D eigenvalue weighted by atomic mass is 16.5. The quantitative estimate of drug-likeness (QED) is 0.840. The Morgan fingerprint density at radius 3 is 2.67 bits per heavy atom. The van der Waals surface area contributed by atoms with Crippen LogP contribution < -0.4 is 9.64 Å². The molecule has 0 N–H and O–H groups in total. The van der Waals surface area contributed by atoms with Crippen LogP contribution in [0.5, 0.6) is 5.88 Å². The molecule has 0 unspecified atom stereocenters. The maximum Gasteiger partial charge on any atom is 0.276 e. The summed E-state index contributed by atoms with van der Waals surface area (Å²) in [7, 11) is 1.58. The van der Waals surface area contributed by atoms with Crippen LogP contribution in [0.25, 0.3) is 0 Å². The maximum atomic E-state index is 12.7. The zero-order chi connectivity index (χ0) is 17.1. The van der Waals surface area contributed by atoms with E-state index in [-0.39, 0.29) is 11.8 Å². The van der Waals surface area contributed by atoms with Gasteiger partial charge in [-0.15, -0.1) is 0 Å². The Bertz CT molecular complexity index is 707. The minimum atomic E-state index is -0.0846. The smallest absolute Gasteiger partial charge is 0.276 e. The van der Waals surface area contributed by atoms with E-state index in [0.29, 0.717) is 49.5 Å². The van der Waals surface area contributed by atoms with Gasteiger partial charge >= 0.3 is 0 Å². The Morgan fingerprint density at radius 2 is 2.00 bits per heavy atom. The van der Waals surface area contributed by atoms with E-state index in [9.17, 15) is 4.79 Å². The number of carbonyl (C=O) groups excluding carboxylic acids is 1. The zero-order valence-electron chi connectivity index (χ0n) is 14.1. The molecule has 3 rings (SSSR count). The van der Waals surface area contributed by atoms with Gasteiger partial charge in [0, 0.05) is 44.4 Å². The van der Waals surface area contributed by atoms with Crippen LogP contribution in [-0.2, 0) is 0 Å². The van der Waals surface area contributed by atoms with E-state index in [4.69, 9.17) is 9.15 Å². The summed E-state index contributed by atoms with van der Waals surface area (Å²) in [5.74, 6) is 1.82. The van der Waals surface area contributed by atoms with Gasteiger partial charge in [-0.1, -0.05) is 13.8 Å². The lowest BCUT2D eigenvalue weighted by molar-refractivity contribution is 0.0738. The molecule has 0 aromatic carbocycles. The van der Waals surface area contributed by atoms with E-state index in [1.807, 2.05) is 18.7 Å². The minimum Gasteiger partial charge on any atom is -0.481 e. The second kappa shape index (κ2) is 6.86. The topological polar surface area (TPSA) is 84.6 Å². The fraction of sp³-hybridized carbons (Fsp3) is 0.500. The summed E-state index contributed by atoms with van der Waals surface area (Å²) in [6, 6.07) is 1.71. The van der Waals surface area contributed by atoms with Gasteiger partial charge in [0.1, 0.15) is 5.76 Å². The number of carbonyl (C=O) groups is 1. The van der Waals surface area contributed by atoms with Crippen molar-refractivity contribution in [3.63, 3.8) is 0 Å². The molecule has 1 saturated heterocycles. The van der Waals surface area contributed by atoms with Gasteiger partial charge in [-0.2, -0.15) is 4.98 Å². The first-order valence-electron chi connectivity index (χ1n) is 7.94. The van der Waals surface area contributed by atoms with Gasteiger partial charge in [-0.25, -0.2) is 9.97 Å². The average Bonchev–Trinajstić information content (AvgIpc) is 3.11. The molecule has 2 aromatic heterocycles. The number of piperazine rings is 1. The molecule has 0 saturated carbocycles. The Labute approximate surface area is 140 Å². The molecule has 0 bridgehead atoms. The van der Waals surface area contributed by atoms with Gasteiger partial charge in [0.2, 0.25) is 11.8 Å². The Morgan fingerprint density at radius 1 is 1.25 bits per heavy atom. The van der Waals surface area contributed by atoms with Crippen LogP contribution in [0.2, 0.25) is 0 Å². The number of hydrogen-bond donors (Lipinski definition) is 0. The van der Waals surface area contributed by atoms with Crippen molar-refractivity contribution in [3.05, 3.63) is 30.1 Å². The molecule has 1 fully saturated rings. The SMILES string of the molecule is COc1ccnc(N2CCN(C(=O)c3ncoc3C(C)C)CC2)n1. The lowest BCUT2D eigenvalue weighted by atomic mass is 10.1. The maximum absolute atomic E-state index is 12.7. The van der Waals surface area contributed by atoms with Crippen LogP contribution in [0.1, 0.15) is 36.0 Å². The number of aromatic nitrogens is 3. The highest BCUT2D eigenvalue weighted by molar-refractivity contribution is 5.93. The molecule has 1 aliphatic heterocycles.